The van der Waals surface area contributed by atoms with Crippen LogP contribution in [0.15, 0.2) is 48.8 Å². The number of hydrogen-bond donors (Lipinski definition) is 1. The number of aryl methyl sites for hydroxylation is 1. The first-order chi connectivity index (χ1) is 16.9. The van der Waals surface area contributed by atoms with E-state index in [0.717, 1.165) is 41.4 Å². The Kier molecular flexibility index (Phi) is 5.04. The van der Waals surface area contributed by atoms with Crippen molar-refractivity contribution in [1.29, 1.82) is 5.26 Å². The van der Waals surface area contributed by atoms with Gasteiger partial charge in [-0.3, -0.25) is 4.72 Å². The molecule has 2 fully saturated rings. The van der Waals surface area contributed by atoms with Gasteiger partial charge in [0.25, 0.3) is 0 Å². The van der Waals surface area contributed by atoms with Crippen LogP contribution in [0.4, 0.5) is 5.69 Å². The van der Waals surface area contributed by atoms with Crippen LogP contribution in [0.5, 0.6) is 11.8 Å². The molecule has 0 amide bonds. The van der Waals surface area contributed by atoms with Crippen LogP contribution in [-0.4, -0.2) is 33.0 Å². The summed E-state index contributed by atoms with van der Waals surface area (Å²) in [6, 6.07) is 16.1. The van der Waals surface area contributed by atoms with Gasteiger partial charge in [-0.2, -0.15) is 15.3 Å². The van der Waals surface area contributed by atoms with Crippen molar-refractivity contribution in [3.05, 3.63) is 54.4 Å². The van der Waals surface area contributed by atoms with Gasteiger partial charge >= 0.3 is 6.01 Å². The first-order valence-corrected chi connectivity index (χ1v) is 13.2. The van der Waals surface area contributed by atoms with E-state index in [2.05, 4.69) is 25.4 Å². The number of hydrogen-bond acceptors (Lipinski definition) is 6. The topological polar surface area (TPSA) is 115 Å². The maximum absolute atomic E-state index is 12.3. The van der Waals surface area contributed by atoms with Crippen molar-refractivity contribution in [1.82, 2.24) is 19.3 Å². The molecule has 0 unspecified atom stereocenters. The Morgan fingerprint density at radius 2 is 1.89 bits per heavy atom. The Labute approximate surface area is 203 Å². The van der Waals surface area contributed by atoms with Crippen molar-refractivity contribution in [3.63, 3.8) is 0 Å². The fourth-order valence-corrected chi connectivity index (χ4v) is 5.97. The minimum atomic E-state index is -3.33. The van der Waals surface area contributed by atoms with Gasteiger partial charge < -0.3 is 9.30 Å². The van der Waals surface area contributed by atoms with Crippen LogP contribution >= 0.6 is 0 Å². The van der Waals surface area contributed by atoms with E-state index in [1.54, 1.807) is 23.9 Å². The average Bonchev–Trinajstić information content (AvgIpc) is 3.54. The predicted octanol–water partition coefficient (Wildman–Crippen LogP) is 4.73. The van der Waals surface area contributed by atoms with Crippen molar-refractivity contribution in [3.8, 4) is 29.1 Å². The highest BCUT2D eigenvalue weighted by Gasteiger charge is 2.35. The molecule has 0 saturated heterocycles. The molecule has 1 N–H and O–H groups in total. The lowest BCUT2D eigenvalue weighted by atomic mass is 9.92. The van der Waals surface area contributed by atoms with Crippen LogP contribution in [0.1, 0.15) is 43.7 Å². The normalized spacial score (nSPS) is 16.1. The number of sulfonamides is 1. The first-order valence-electron chi connectivity index (χ1n) is 11.7. The second-order valence-corrected chi connectivity index (χ2v) is 11.1. The third-order valence-corrected chi connectivity index (χ3v) is 8.66. The molecule has 2 saturated carbocycles. The number of nitrogens with zero attached hydrogens (tertiary/aromatic N) is 5. The maximum Gasteiger partial charge on any atom is 0.320 e. The van der Waals surface area contributed by atoms with Crippen LogP contribution in [0, 0.1) is 11.3 Å². The number of fused-ring (bicyclic) bond motifs is 1. The van der Waals surface area contributed by atoms with E-state index < -0.39 is 10.0 Å². The van der Waals surface area contributed by atoms with Crippen molar-refractivity contribution in [2.75, 3.05) is 4.72 Å². The third kappa shape index (κ3) is 3.82. The molecule has 0 radical (unpaired) electrons. The zero-order valence-electron chi connectivity index (χ0n) is 19.2. The molecule has 0 bridgehead atoms. The van der Waals surface area contributed by atoms with Gasteiger partial charge in [-0.05, 0) is 61.9 Å². The van der Waals surface area contributed by atoms with E-state index in [1.165, 1.54) is 6.33 Å². The lowest BCUT2D eigenvalue weighted by molar-refractivity contribution is 0.324. The minimum absolute atomic E-state index is 0.285. The second kappa shape index (κ2) is 8.13. The van der Waals surface area contributed by atoms with Crippen LogP contribution in [0.3, 0.4) is 0 Å². The van der Waals surface area contributed by atoms with Crippen molar-refractivity contribution in [2.24, 2.45) is 7.05 Å². The summed E-state index contributed by atoms with van der Waals surface area (Å²) in [6.45, 7) is 0. The van der Waals surface area contributed by atoms with Gasteiger partial charge in [-0.1, -0.05) is 12.1 Å². The quantitative estimate of drug-likeness (QED) is 0.402. The predicted molar refractivity (Wildman–Crippen MR) is 132 cm³/mol. The SMILES string of the molecule is Cn1ncnc1Oc1ccc2c(C#N)c(-c3ccc(NS(=O)(=O)C4CC4)cc3)n(C3CCC3)c2c1. The molecule has 0 spiro atoms. The summed E-state index contributed by atoms with van der Waals surface area (Å²) >= 11 is 0. The number of nitrogens with one attached hydrogen (secondary N) is 1. The Balaban J connectivity index is 1.43. The van der Waals surface area contributed by atoms with E-state index in [4.69, 9.17) is 4.74 Å². The molecular weight excluding hydrogens is 464 g/mol. The monoisotopic (exact) mass is 488 g/mol. The Morgan fingerprint density at radius 1 is 1.11 bits per heavy atom. The molecule has 35 heavy (non-hydrogen) atoms. The van der Waals surface area contributed by atoms with Gasteiger partial charge in [0.1, 0.15) is 18.1 Å². The summed E-state index contributed by atoms with van der Waals surface area (Å²) in [5.41, 5.74) is 3.78. The summed E-state index contributed by atoms with van der Waals surface area (Å²) in [6.07, 6.45) is 6.07. The molecule has 2 heterocycles. The lowest BCUT2D eigenvalue weighted by Gasteiger charge is -2.30. The van der Waals surface area contributed by atoms with Crippen LogP contribution < -0.4 is 9.46 Å². The molecule has 2 aliphatic carbocycles. The van der Waals surface area contributed by atoms with Crippen LogP contribution in [0.2, 0.25) is 0 Å². The van der Waals surface area contributed by atoms with E-state index in [9.17, 15) is 13.7 Å². The van der Waals surface area contributed by atoms with Crippen LogP contribution in [0.25, 0.3) is 22.2 Å². The molecule has 9 nitrogen and oxygen atoms in total. The third-order valence-electron chi connectivity index (χ3n) is 6.79. The van der Waals surface area contributed by atoms with E-state index in [0.29, 0.717) is 35.9 Å². The number of benzene rings is 2. The molecule has 6 rings (SSSR count). The molecule has 178 valence electrons. The summed E-state index contributed by atoms with van der Waals surface area (Å²) in [5, 5.41) is 14.8. The molecule has 0 aliphatic heterocycles. The number of nitriles is 1. The highest BCUT2D eigenvalue weighted by atomic mass is 32.2. The fourth-order valence-electron chi connectivity index (χ4n) is 4.58. The zero-order chi connectivity index (χ0) is 24.2. The van der Waals surface area contributed by atoms with Gasteiger partial charge in [0, 0.05) is 30.2 Å². The highest BCUT2D eigenvalue weighted by Crippen LogP contribution is 2.43. The summed E-state index contributed by atoms with van der Waals surface area (Å²) < 4.78 is 37.0. The summed E-state index contributed by atoms with van der Waals surface area (Å²) in [7, 11) is -1.57. The lowest BCUT2D eigenvalue weighted by Crippen LogP contribution is -2.18. The van der Waals surface area contributed by atoms with Crippen molar-refractivity contribution < 1.29 is 13.2 Å². The van der Waals surface area contributed by atoms with Crippen molar-refractivity contribution in [2.45, 2.75) is 43.4 Å². The molecule has 2 aromatic carbocycles. The standard InChI is InChI=1S/C25H24N6O3S/c1-30-25(27-15-28-30)34-19-9-12-21-22(14-26)24(31(23(21)13-19)18-3-2-4-18)16-5-7-17(8-6-16)29-35(32,33)20-10-11-20/h5-9,12-13,15,18,20,29H,2-4,10-11H2,1H3. The Morgan fingerprint density at radius 3 is 2.49 bits per heavy atom. The van der Waals surface area contributed by atoms with Crippen molar-refractivity contribution >= 4 is 26.6 Å². The van der Waals surface area contributed by atoms with Crippen LogP contribution in [-0.2, 0) is 17.1 Å². The van der Waals surface area contributed by atoms with Gasteiger partial charge in [-0.25, -0.2) is 13.1 Å². The first kappa shape index (κ1) is 21.7. The number of rotatable bonds is 7. The molecule has 10 heteroatoms. The number of aromatic nitrogens is 4. The molecule has 2 aromatic heterocycles. The number of anilines is 1. The Hall–Kier alpha value is -3.84. The van der Waals surface area contributed by atoms with E-state index in [1.807, 2.05) is 30.3 Å². The van der Waals surface area contributed by atoms with Gasteiger partial charge in [0.2, 0.25) is 10.0 Å². The second-order valence-electron chi connectivity index (χ2n) is 9.16. The Bertz CT molecular complexity index is 1570. The molecule has 2 aliphatic rings. The maximum atomic E-state index is 12.3. The van der Waals surface area contributed by atoms with Gasteiger partial charge in [0.15, 0.2) is 0 Å². The molecule has 0 atom stereocenters. The highest BCUT2D eigenvalue weighted by molar-refractivity contribution is 7.93. The fraction of sp³-hybridized carbons (Fsp3) is 0.320. The largest absolute Gasteiger partial charge is 0.424 e. The summed E-state index contributed by atoms with van der Waals surface area (Å²) in [5.74, 6) is 0.618. The smallest absolute Gasteiger partial charge is 0.320 e. The van der Waals surface area contributed by atoms with E-state index in [-0.39, 0.29) is 11.3 Å². The van der Waals surface area contributed by atoms with Gasteiger partial charge in [-0.15, -0.1) is 0 Å². The minimum Gasteiger partial charge on any atom is -0.424 e. The summed E-state index contributed by atoms with van der Waals surface area (Å²) in [4.78, 5) is 4.13. The zero-order valence-corrected chi connectivity index (χ0v) is 20.0. The van der Waals surface area contributed by atoms with Gasteiger partial charge in [0.05, 0.1) is 22.0 Å². The molecule has 4 aromatic rings. The number of ether oxygens (including phenoxy) is 1. The van der Waals surface area contributed by atoms with E-state index >= 15 is 0 Å². The molecular formula is C25H24N6O3S. The average molecular weight is 489 g/mol.